The average Bonchev–Trinajstić information content (AvgIpc) is 2.93. The molecular formula is C10H5NO3S. The van der Waals surface area contributed by atoms with Gasteiger partial charge in [0.15, 0.2) is 6.29 Å². The number of fused-ring (bicyclic) bond motifs is 1. The Balaban J connectivity index is 2.23. The summed E-state index contributed by atoms with van der Waals surface area (Å²) in [6.45, 7) is 0. The first-order valence-corrected chi connectivity index (χ1v) is 5.13. The number of hydrogen-bond donors (Lipinski definition) is 0. The Hall–Kier alpha value is -1.88. The Labute approximate surface area is 88.1 Å². The summed E-state index contributed by atoms with van der Waals surface area (Å²) < 4.78 is 10.4. The largest absolute Gasteiger partial charge is 0.455 e. The number of aromatic nitrogens is 1. The molecule has 0 aliphatic rings. The van der Waals surface area contributed by atoms with Gasteiger partial charge < -0.3 is 8.83 Å². The number of oxazole rings is 1. The van der Waals surface area contributed by atoms with Crippen LogP contribution in [0, 0.1) is 0 Å². The van der Waals surface area contributed by atoms with Gasteiger partial charge in [-0.2, -0.15) is 0 Å². The summed E-state index contributed by atoms with van der Waals surface area (Å²) in [5, 5.41) is 1.94. The van der Waals surface area contributed by atoms with E-state index in [2.05, 4.69) is 4.98 Å². The molecule has 0 aliphatic heterocycles. The Kier molecular flexibility index (Phi) is 1.72. The van der Waals surface area contributed by atoms with Gasteiger partial charge in [-0.25, -0.2) is 4.98 Å². The molecule has 3 aromatic heterocycles. The minimum Gasteiger partial charge on any atom is -0.455 e. The molecular weight excluding hydrogens is 214 g/mol. The maximum Gasteiger partial charge on any atom is 0.237 e. The number of carbonyl (C=O) groups is 1. The molecule has 0 aromatic carbocycles. The van der Waals surface area contributed by atoms with E-state index < -0.39 is 0 Å². The van der Waals surface area contributed by atoms with Gasteiger partial charge in [-0.15, -0.1) is 11.3 Å². The lowest BCUT2D eigenvalue weighted by atomic mass is 10.4. The van der Waals surface area contributed by atoms with Gasteiger partial charge >= 0.3 is 0 Å². The molecule has 3 heterocycles. The predicted molar refractivity (Wildman–Crippen MR) is 55.0 cm³/mol. The standard InChI is InChI=1S/C10H5NO3S/c12-4-7-9-6(5-13-7)11-10(14-9)8-2-1-3-15-8/h1-5H. The number of furan rings is 1. The maximum absolute atomic E-state index is 10.6. The van der Waals surface area contributed by atoms with Crippen LogP contribution in [0.4, 0.5) is 0 Å². The monoisotopic (exact) mass is 219 g/mol. The molecule has 0 unspecified atom stereocenters. The van der Waals surface area contributed by atoms with Gasteiger partial charge in [0.25, 0.3) is 0 Å². The molecule has 0 N–H and O–H groups in total. The van der Waals surface area contributed by atoms with Crippen LogP contribution < -0.4 is 0 Å². The molecule has 3 aromatic rings. The van der Waals surface area contributed by atoms with Crippen molar-refractivity contribution in [1.82, 2.24) is 4.98 Å². The summed E-state index contributed by atoms with van der Waals surface area (Å²) in [6, 6.07) is 3.83. The molecule has 15 heavy (non-hydrogen) atoms. The highest BCUT2D eigenvalue weighted by atomic mass is 32.1. The van der Waals surface area contributed by atoms with E-state index in [0.29, 0.717) is 23.3 Å². The second-order valence-electron chi connectivity index (χ2n) is 2.93. The number of rotatable bonds is 2. The third kappa shape index (κ3) is 1.20. The summed E-state index contributed by atoms with van der Waals surface area (Å²) in [5.74, 6) is 0.703. The number of thiophene rings is 1. The molecule has 3 rings (SSSR count). The molecule has 74 valence electrons. The lowest BCUT2D eigenvalue weighted by Crippen LogP contribution is -1.70. The number of hydrogen-bond acceptors (Lipinski definition) is 5. The lowest BCUT2D eigenvalue weighted by molar-refractivity contribution is 0.110. The fraction of sp³-hybridized carbons (Fsp3) is 0. The molecule has 0 saturated heterocycles. The zero-order chi connectivity index (χ0) is 10.3. The number of aldehydes is 1. The minimum absolute atomic E-state index is 0.181. The van der Waals surface area contributed by atoms with Gasteiger partial charge in [0.05, 0.1) is 4.88 Å². The van der Waals surface area contributed by atoms with E-state index in [1.54, 1.807) is 0 Å². The molecule has 5 heteroatoms. The van der Waals surface area contributed by atoms with Gasteiger partial charge in [0, 0.05) is 0 Å². The van der Waals surface area contributed by atoms with Crippen molar-refractivity contribution in [1.29, 1.82) is 0 Å². The normalized spacial score (nSPS) is 10.9. The van der Waals surface area contributed by atoms with Crippen molar-refractivity contribution in [2.24, 2.45) is 0 Å². The zero-order valence-electron chi connectivity index (χ0n) is 7.47. The highest BCUT2D eigenvalue weighted by molar-refractivity contribution is 7.13. The van der Waals surface area contributed by atoms with Crippen LogP contribution in [-0.4, -0.2) is 11.3 Å². The van der Waals surface area contributed by atoms with Crippen molar-refractivity contribution in [3.05, 3.63) is 29.5 Å². The van der Waals surface area contributed by atoms with Gasteiger partial charge in [-0.05, 0) is 11.4 Å². The number of carbonyl (C=O) groups excluding carboxylic acids is 1. The Morgan fingerprint density at radius 3 is 3.13 bits per heavy atom. The van der Waals surface area contributed by atoms with Crippen LogP contribution in [-0.2, 0) is 0 Å². The van der Waals surface area contributed by atoms with E-state index >= 15 is 0 Å². The van der Waals surface area contributed by atoms with E-state index in [4.69, 9.17) is 8.83 Å². The Bertz CT molecular complexity index is 606. The third-order valence-electron chi connectivity index (χ3n) is 2.01. The van der Waals surface area contributed by atoms with Gasteiger partial charge in [0.2, 0.25) is 17.2 Å². The molecule has 0 bridgehead atoms. The fourth-order valence-corrected chi connectivity index (χ4v) is 2.00. The second-order valence-corrected chi connectivity index (χ2v) is 3.88. The zero-order valence-corrected chi connectivity index (χ0v) is 8.28. The fourth-order valence-electron chi connectivity index (χ4n) is 1.35. The van der Waals surface area contributed by atoms with E-state index in [-0.39, 0.29) is 5.76 Å². The Morgan fingerprint density at radius 1 is 1.47 bits per heavy atom. The molecule has 0 atom stereocenters. The average molecular weight is 219 g/mol. The molecule has 0 saturated carbocycles. The van der Waals surface area contributed by atoms with E-state index in [0.717, 1.165) is 4.88 Å². The SMILES string of the molecule is O=Cc1occ2nc(-c3cccs3)oc12. The first-order chi connectivity index (χ1) is 7.38. The maximum atomic E-state index is 10.6. The van der Waals surface area contributed by atoms with E-state index in [9.17, 15) is 4.79 Å². The predicted octanol–water partition coefficient (Wildman–Crippen LogP) is 2.96. The summed E-state index contributed by atoms with van der Waals surface area (Å²) >= 11 is 1.53. The summed E-state index contributed by atoms with van der Waals surface area (Å²) in [4.78, 5) is 15.7. The van der Waals surface area contributed by atoms with Crippen molar-refractivity contribution in [3.8, 4) is 10.8 Å². The second kappa shape index (κ2) is 3.06. The molecule has 0 fully saturated rings. The lowest BCUT2D eigenvalue weighted by Gasteiger charge is -1.85. The van der Waals surface area contributed by atoms with Crippen LogP contribution >= 0.6 is 11.3 Å². The minimum atomic E-state index is 0.181. The van der Waals surface area contributed by atoms with Crippen LogP contribution in [0.3, 0.4) is 0 Å². The van der Waals surface area contributed by atoms with Crippen LogP contribution in [0.5, 0.6) is 0 Å². The number of nitrogens with zero attached hydrogens (tertiary/aromatic N) is 1. The molecule has 0 aliphatic carbocycles. The van der Waals surface area contributed by atoms with Crippen molar-refractivity contribution in [2.45, 2.75) is 0 Å². The van der Waals surface area contributed by atoms with Crippen molar-refractivity contribution >= 4 is 28.7 Å². The topological polar surface area (TPSA) is 56.2 Å². The first-order valence-electron chi connectivity index (χ1n) is 4.25. The molecule has 0 spiro atoms. The highest BCUT2D eigenvalue weighted by Crippen LogP contribution is 2.29. The van der Waals surface area contributed by atoms with E-state index in [1.807, 2.05) is 17.5 Å². The third-order valence-corrected chi connectivity index (χ3v) is 2.87. The molecule has 0 amide bonds. The van der Waals surface area contributed by atoms with Crippen molar-refractivity contribution in [3.63, 3.8) is 0 Å². The van der Waals surface area contributed by atoms with Crippen LogP contribution in [0.15, 0.2) is 32.6 Å². The van der Waals surface area contributed by atoms with E-state index in [1.165, 1.54) is 17.6 Å². The smallest absolute Gasteiger partial charge is 0.237 e. The highest BCUT2D eigenvalue weighted by Gasteiger charge is 2.14. The summed E-state index contributed by atoms with van der Waals surface area (Å²) in [7, 11) is 0. The van der Waals surface area contributed by atoms with Crippen molar-refractivity contribution in [2.75, 3.05) is 0 Å². The first kappa shape index (κ1) is 8.43. The summed E-state index contributed by atoms with van der Waals surface area (Å²) in [5.41, 5.74) is 0.980. The van der Waals surface area contributed by atoms with Gasteiger partial charge in [-0.3, -0.25) is 4.79 Å². The Morgan fingerprint density at radius 2 is 2.40 bits per heavy atom. The van der Waals surface area contributed by atoms with Crippen LogP contribution in [0.2, 0.25) is 0 Å². The van der Waals surface area contributed by atoms with Crippen molar-refractivity contribution < 1.29 is 13.6 Å². The van der Waals surface area contributed by atoms with Gasteiger partial charge in [0.1, 0.15) is 11.8 Å². The quantitative estimate of drug-likeness (QED) is 0.622. The van der Waals surface area contributed by atoms with Crippen LogP contribution in [0.25, 0.3) is 21.9 Å². The van der Waals surface area contributed by atoms with Crippen LogP contribution in [0.1, 0.15) is 10.6 Å². The van der Waals surface area contributed by atoms with Gasteiger partial charge in [-0.1, -0.05) is 6.07 Å². The summed E-state index contributed by atoms with van der Waals surface area (Å²) in [6.07, 6.45) is 2.03. The molecule has 0 radical (unpaired) electrons. The molecule has 4 nitrogen and oxygen atoms in total.